The van der Waals surface area contributed by atoms with Crippen molar-refractivity contribution in [1.82, 2.24) is 29.5 Å². The Morgan fingerprint density at radius 3 is 1.79 bits per heavy atom. The molecular weight excluding hydrogens is 762 g/mol. The van der Waals surface area contributed by atoms with Gasteiger partial charge in [-0.2, -0.15) is 22.3 Å². The third-order valence-corrected chi connectivity index (χ3v) is 11.2. The molecular formula is C40H41F3N8O5S. The van der Waals surface area contributed by atoms with Crippen molar-refractivity contribution in [1.29, 1.82) is 0 Å². The maximum atomic E-state index is 15.2. The van der Waals surface area contributed by atoms with E-state index < -0.39 is 26.7 Å². The number of benzene rings is 4. The van der Waals surface area contributed by atoms with Crippen LogP contribution in [0.15, 0.2) is 102 Å². The summed E-state index contributed by atoms with van der Waals surface area (Å²) in [6.45, 7) is -0.352. The van der Waals surface area contributed by atoms with Gasteiger partial charge in [-0.05, 0) is 94.4 Å². The van der Waals surface area contributed by atoms with Crippen LogP contribution in [-0.2, 0) is 55.2 Å². The van der Waals surface area contributed by atoms with Gasteiger partial charge in [-0.25, -0.2) is 8.42 Å². The van der Waals surface area contributed by atoms with E-state index in [4.69, 9.17) is 25.7 Å². The number of hydrogen-bond donors (Lipinski definition) is 2. The zero-order valence-corrected chi connectivity index (χ0v) is 32.2. The minimum Gasteiger partial charge on any atom is -0.497 e. The lowest BCUT2D eigenvalue weighted by atomic mass is 9.97. The van der Waals surface area contributed by atoms with Crippen molar-refractivity contribution in [2.45, 2.75) is 50.1 Å². The number of nitrogen functional groups attached to an aromatic ring is 1. The third-order valence-electron chi connectivity index (χ3n) is 9.28. The van der Waals surface area contributed by atoms with Gasteiger partial charge in [0.05, 0.1) is 44.8 Å². The molecule has 0 aliphatic heterocycles. The summed E-state index contributed by atoms with van der Waals surface area (Å²) in [4.78, 5) is 4.51. The highest BCUT2D eigenvalue weighted by Gasteiger charge is 2.43. The Bertz CT molecular complexity index is 2360. The van der Waals surface area contributed by atoms with Crippen LogP contribution >= 0.6 is 0 Å². The minimum atomic E-state index is -5.10. The Balaban J connectivity index is 1.52. The fourth-order valence-corrected chi connectivity index (χ4v) is 8.08. The van der Waals surface area contributed by atoms with E-state index in [1.54, 1.807) is 85.1 Å². The molecule has 0 fully saturated rings. The standard InChI is InChI=1S/C40H41F3N8O5S/c1-54-31-13-5-26(6-14-31)23-50(24-27-7-15-32(55-2)16-8-27)57(52,53)38-34(40(41,42)43)19-12-30(11-4-29-20-35(45)36(21-44)46-22-29)37(38)39-47-49-51(48-39)25-28-9-17-33(56-3)18-10-28/h5-10,12-20,22H,4,11,21,23-25,44-45H2,1-3H3. The summed E-state index contributed by atoms with van der Waals surface area (Å²) in [5.74, 6) is 1.37. The van der Waals surface area contributed by atoms with E-state index in [0.29, 0.717) is 45.3 Å². The van der Waals surface area contributed by atoms with Crippen LogP contribution in [-0.4, -0.2) is 59.2 Å². The highest BCUT2D eigenvalue weighted by molar-refractivity contribution is 7.89. The van der Waals surface area contributed by atoms with Gasteiger partial charge in [-0.15, -0.1) is 10.2 Å². The number of alkyl halides is 3. The van der Waals surface area contributed by atoms with Gasteiger partial charge in [0.25, 0.3) is 0 Å². The van der Waals surface area contributed by atoms with E-state index in [1.165, 1.54) is 32.2 Å². The number of ether oxygens (including phenoxy) is 3. The first-order valence-electron chi connectivity index (χ1n) is 17.7. The van der Waals surface area contributed by atoms with Crippen LogP contribution in [0.5, 0.6) is 17.2 Å². The molecule has 0 saturated heterocycles. The summed E-state index contributed by atoms with van der Waals surface area (Å²) >= 11 is 0. The predicted molar refractivity (Wildman–Crippen MR) is 207 cm³/mol. The average molecular weight is 803 g/mol. The summed E-state index contributed by atoms with van der Waals surface area (Å²) in [6, 6.07) is 24.0. The van der Waals surface area contributed by atoms with E-state index in [0.717, 1.165) is 15.9 Å². The van der Waals surface area contributed by atoms with E-state index in [2.05, 4.69) is 20.4 Å². The molecule has 2 heterocycles. The van der Waals surface area contributed by atoms with Crippen LogP contribution in [0.25, 0.3) is 11.4 Å². The molecule has 6 rings (SSSR count). The number of tetrazole rings is 1. The van der Waals surface area contributed by atoms with Crippen LogP contribution in [0.4, 0.5) is 18.9 Å². The van der Waals surface area contributed by atoms with Crippen LogP contribution in [0.1, 0.15) is 39.1 Å². The molecule has 0 amide bonds. The number of rotatable bonds is 16. The maximum Gasteiger partial charge on any atom is 0.417 e. The van der Waals surface area contributed by atoms with Crippen LogP contribution < -0.4 is 25.7 Å². The summed E-state index contributed by atoms with van der Waals surface area (Å²) in [5, 5.41) is 12.8. The van der Waals surface area contributed by atoms with Crippen molar-refractivity contribution in [3.63, 3.8) is 0 Å². The number of halogens is 3. The third kappa shape index (κ3) is 9.50. The molecule has 0 saturated carbocycles. The highest BCUT2D eigenvalue weighted by Crippen LogP contribution is 2.42. The number of nitrogens with two attached hydrogens (primary N) is 2. The van der Waals surface area contributed by atoms with Crippen molar-refractivity contribution in [3.05, 3.63) is 136 Å². The fourth-order valence-electron chi connectivity index (χ4n) is 6.24. The van der Waals surface area contributed by atoms with Gasteiger partial charge < -0.3 is 25.7 Å². The second-order valence-electron chi connectivity index (χ2n) is 13.0. The molecule has 298 valence electrons. The Kier molecular flexibility index (Phi) is 12.4. The average Bonchev–Trinajstić information content (AvgIpc) is 3.67. The van der Waals surface area contributed by atoms with Gasteiger partial charge in [0, 0.05) is 31.4 Å². The molecule has 0 atom stereocenters. The Labute approximate surface area is 328 Å². The lowest BCUT2D eigenvalue weighted by Crippen LogP contribution is -2.32. The van der Waals surface area contributed by atoms with Gasteiger partial charge >= 0.3 is 6.18 Å². The summed E-state index contributed by atoms with van der Waals surface area (Å²) in [7, 11) is -0.509. The van der Waals surface area contributed by atoms with E-state index in [9.17, 15) is 0 Å². The number of aromatic nitrogens is 5. The van der Waals surface area contributed by atoms with Gasteiger partial charge in [0.2, 0.25) is 15.8 Å². The second-order valence-corrected chi connectivity index (χ2v) is 14.9. The molecule has 0 aliphatic carbocycles. The molecule has 0 bridgehead atoms. The molecule has 13 nitrogen and oxygen atoms in total. The molecule has 0 spiro atoms. The lowest BCUT2D eigenvalue weighted by molar-refractivity contribution is -0.139. The number of aryl methyl sites for hydroxylation is 2. The molecule has 4 aromatic carbocycles. The molecule has 0 unspecified atom stereocenters. The Morgan fingerprint density at radius 1 is 0.754 bits per heavy atom. The van der Waals surface area contributed by atoms with Gasteiger partial charge in [-0.3, -0.25) is 4.98 Å². The Hall–Kier alpha value is -6.04. The summed E-state index contributed by atoms with van der Waals surface area (Å²) < 4.78 is 92.8. The number of nitrogens with zero attached hydrogens (tertiary/aromatic N) is 6. The molecule has 17 heteroatoms. The number of methoxy groups -OCH3 is 3. The van der Waals surface area contributed by atoms with Crippen LogP contribution in [0, 0.1) is 0 Å². The van der Waals surface area contributed by atoms with E-state index >= 15 is 21.6 Å². The first-order valence-corrected chi connectivity index (χ1v) is 19.1. The Morgan fingerprint density at radius 2 is 1.30 bits per heavy atom. The van der Waals surface area contributed by atoms with Gasteiger partial charge in [0.15, 0.2) is 0 Å². The first-order chi connectivity index (χ1) is 27.3. The second kappa shape index (κ2) is 17.4. The normalized spacial score (nSPS) is 11.9. The fraction of sp³-hybridized carbons (Fsp3) is 0.250. The maximum absolute atomic E-state index is 15.2. The molecule has 0 radical (unpaired) electrons. The van der Waals surface area contributed by atoms with Crippen molar-refractivity contribution in [3.8, 4) is 28.6 Å². The number of sulfonamides is 1. The number of pyridine rings is 1. The summed E-state index contributed by atoms with van der Waals surface area (Å²) in [6.07, 6.45) is -3.21. The van der Waals surface area contributed by atoms with Crippen molar-refractivity contribution < 1.29 is 35.8 Å². The number of hydrogen-bond acceptors (Lipinski definition) is 11. The topological polar surface area (TPSA) is 174 Å². The summed E-state index contributed by atoms with van der Waals surface area (Å²) in [5.41, 5.74) is 13.7. The predicted octanol–water partition coefficient (Wildman–Crippen LogP) is 6.05. The smallest absolute Gasteiger partial charge is 0.417 e. The van der Waals surface area contributed by atoms with Crippen LogP contribution in [0.3, 0.4) is 0 Å². The van der Waals surface area contributed by atoms with Gasteiger partial charge in [-0.1, -0.05) is 42.5 Å². The largest absolute Gasteiger partial charge is 0.497 e. The van der Waals surface area contributed by atoms with Crippen molar-refractivity contribution >= 4 is 15.7 Å². The van der Waals surface area contributed by atoms with Crippen molar-refractivity contribution in [2.75, 3.05) is 27.1 Å². The van der Waals surface area contributed by atoms with E-state index in [-0.39, 0.29) is 56.0 Å². The van der Waals surface area contributed by atoms with Gasteiger partial charge in [0.1, 0.15) is 22.1 Å². The SMILES string of the molecule is COc1ccc(CN(Cc2ccc(OC)cc2)S(=O)(=O)c2c(C(F)(F)F)ccc(CCc3cnc(CN)c(N)c3)c2-c2nnn(Cc3ccc(OC)cc3)n2)cc1. The zero-order chi connectivity index (χ0) is 40.7. The molecule has 57 heavy (non-hydrogen) atoms. The monoisotopic (exact) mass is 802 g/mol. The van der Waals surface area contributed by atoms with Crippen LogP contribution in [0.2, 0.25) is 0 Å². The number of anilines is 1. The highest BCUT2D eigenvalue weighted by atomic mass is 32.2. The molecule has 6 aromatic rings. The quantitative estimate of drug-likeness (QED) is 0.117. The van der Waals surface area contributed by atoms with Crippen molar-refractivity contribution in [2.24, 2.45) is 5.73 Å². The first kappa shape index (κ1) is 40.6. The lowest BCUT2D eigenvalue weighted by Gasteiger charge is -2.27. The minimum absolute atomic E-state index is 0.0725. The molecule has 4 N–H and O–H groups in total. The van der Waals surface area contributed by atoms with E-state index in [1.807, 2.05) is 0 Å². The zero-order valence-electron chi connectivity index (χ0n) is 31.4. The molecule has 0 aliphatic rings. The molecule has 2 aromatic heterocycles.